The molecule has 1 atom stereocenters. The first-order chi connectivity index (χ1) is 11.6. The number of hydrogen-bond acceptors (Lipinski definition) is 2. The molecule has 0 amide bonds. The third kappa shape index (κ3) is 5.46. The molecule has 1 aliphatic rings. The van der Waals surface area contributed by atoms with Crippen molar-refractivity contribution < 1.29 is 5.11 Å². The molecular formula is C22H35NO. The second kappa shape index (κ2) is 9.39. The van der Waals surface area contributed by atoms with Crippen molar-refractivity contribution >= 4 is 0 Å². The quantitative estimate of drug-likeness (QED) is 0.509. The highest BCUT2D eigenvalue weighted by Gasteiger charge is 2.24. The van der Waals surface area contributed by atoms with Crippen molar-refractivity contribution in [1.82, 2.24) is 0 Å². The SMILES string of the molecule is CCCCCCCCc1ccc2c(c1)CCC=C(C(C)(N)CO)C2. The lowest BCUT2D eigenvalue weighted by Crippen LogP contribution is -2.42. The second-order valence-corrected chi connectivity index (χ2v) is 7.64. The van der Waals surface area contributed by atoms with E-state index in [-0.39, 0.29) is 6.61 Å². The first kappa shape index (κ1) is 19.2. The Labute approximate surface area is 148 Å². The summed E-state index contributed by atoms with van der Waals surface area (Å²) in [5.74, 6) is 0. The molecule has 1 aromatic rings. The second-order valence-electron chi connectivity index (χ2n) is 7.64. The van der Waals surface area contributed by atoms with Crippen LogP contribution in [0.15, 0.2) is 29.8 Å². The van der Waals surface area contributed by atoms with E-state index in [2.05, 4.69) is 31.2 Å². The highest BCUT2D eigenvalue weighted by atomic mass is 16.3. The van der Waals surface area contributed by atoms with Gasteiger partial charge in [-0.3, -0.25) is 0 Å². The monoisotopic (exact) mass is 329 g/mol. The van der Waals surface area contributed by atoms with Gasteiger partial charge in [-0.1, -0.05) is 63.3 Å². The molecule has 2 rings (SSSR count). The van der Waals surface area contributed by atoms with Crippen molar-refractivity contribution in [1.29, 1.82) is 0 Å². The van der Waals surface area contributed by atoms with Crippen molar-refractivity contribution in [2.45, 2.75) is 83.6 Å². The Balaban J connectivity index is 1.92. The summed E-state index contributed by atoms with van der Waals surface area (Å²) in [6.45, 7) is 4.20. The van der Waals surface area contributed by atoms with Crippen LogP contribution in [0.1, 0.15) is 75.5 Å². The molecule has 3 N–H and O–H groups in total. The minimum Gasteiger partial charge on any atom is -0.394 e. The van der Waals surface area contributed by atoms with Crippen LogP contribution in [0.5, 0.6) is 0 Å². The van der Waals surface area contributed by atoms with Gasteiger partial charge >= 0.3 is 0 Å². The number of allylic oxidation sites excluding steroid dienone is 1. The van der Waals surface area contributed by atoms with Gasteiger partial charge in [0.1, 0.15) is 0 Å². The van der Waals surface area contributed by atoms with E-state index >= 15 is 0 Å². The van der Waals surface area contributed by atoms with Gasteiger partial charge in [-0.2, -0.15) is 0 Å². The number of aryl methyl sites for hydroxylation is 2. The van der Waals surface area contributed by atoms with E-state index < -0.39 is 5.54 Å². The molecule has 0 aromatic heterocycles. The molecule has 0 heterocycles. The topological polar surface area (TPSA) is 46.2 Å². The zero-order chi connectivity index (χ0) is 17.4. The van der Waals surface area contributed by atoms with E-state index in [1.807, 2.05) is 6.92 Å². The van der Waals surface area contributed by atoms with Crippen LogP contribution in [0.4, 0.5) is 0 Å². The predicted octanol–water partition coefficient (Wildman–Crippen LogP) is 4.71. The first-order valence-electron chi connectivity index (χ1n) is 9.76. The lowest BCUT2D eigenvalue weighted by atomic mass is 9.88. The van der Waals surface area contributed by atoms with Gasteiger partial charge in [0.15, 0.2) is 0 Å². The van der Waals surface area contributed by atoms with E-state index in [0.717, 1.165) is 19.3 Å². The van der Waals surface area contributed by atoms with Crippen LogP contribution in [0.3, 0.4) is 0 Å². The summed E-state index contributed by atoms with van der Waals surface area (Å²) in [5, 5.41) is 9.54. The van der Waals surface area contributed by atoms with Crippen LogP contribution in [0, 0.1) is 0 Å². The molecule has 0 aliphatic heterocycles. The van der Waals surface area contributed by atoms with Crippen molar-refractivity contribution in [2.75, 3.05) is 6.61 Å². The minimum absolute atomic E-state index is 0.00425. The summed E-state index contributed by atoms with van der Waals surface area (Å²) < 4.78 is 0. The fraction of sp³-hybridized carbons (Fsp3) is 0.636. The summed E-state index contributed by atoms with van der Waals surface area (Å²) in [4.78, 5) is 0. The smallest absolute Gasteiger partial charge is 0.0647 e. The highest BCUT2D eigenvalue weighted by Crippen LogP contribution is 2.27. The summed E-state index contributed by atoms with van der Waals surface area (Å²) in [6, 6.07) is 6.99. The Morgan fingerprint density at radius 3 is 2.58 bits per heavy atom. The minimum atomic E-state index is -0.598. The van der Waals surface area contributed by atoms with E-state index in [0.29, 0.717) is 0 Å². The number of fused-ring (bicyclic) bond motifs is 1. The largest absolute Gasteiger partial charge is 0.394 e. The Morgan fingerprint density at radius 2 is 1.83 bits per heavy atom. The van der Waals surface area contributed by atoms with E-state index in [9.17, 15) is 5.11 Å². The third-order valence-corrected chi connectivity index (χ3v) is 5.34. The lowest BCUT2D eigenvalue weighted by Gasteiger charge is -2.25. The molecule has 2 heteroatoms. The Bertz CT molecular complexity index is 545. The maximum absolute atomic E-state index is 9.54. The van der Waals surface area contributed by atoms with E-state index in [1.54, 1.807) is 0 Å². The zero-order valence-electron chi connectivity index (χ0n) is 15.6. The van der Waals surface area contributed by atoms with Crippen molar-refractivity contribution in [3.8, 4) is 0 Å². The molecule has 0 fully saturated rings. The number of unbranched alkanes of at least 4 members (excludes halogenated alkanes) is 5. The molecule has 1 unspecified atom stereocenters. The Kier molecular flexibility index (Phi) is 7.51. The molecule has 0 saturated carbocycles. The van der Waals surface area contributed by atoms with Gasteiger partial charge in [-0.25, -0.2) is 0 Å². The van der Waals surface area contributed by atoms with Crippen molar-refractivity contribution in [3.63, 3.8) is 0 Å². The Morgan fingerprint density at radius 1 is 1.08 bits per heavy atom. The number of benzene rings is 1. The average Bonchev–Trinajstić information content (AvgIpc) is 2.80. The van der Waals surface area contributed by atoms with Gasteiger partial charge in [-0.05, 0) is 61.3 Å². The predicted molar refractivity (Wildman–Crippen MR) is 103 cm³/mol. The summed E-state index contributed by atoms with van der Waals surface area (Å²) in [5.41, 5.74) is 11.2. The molecule has 0 bridgehead atoms. The number of hydrogen-bond donors (Lipinski definition) is 2. The van der Waals surface area contributed by atoms with Gasteiger partial charge in [0.05, 0.1) is 12.1 Å². The highest BCUT2D eigenvalue weighted by molar-refractivity contribution is 5.39. The standard InChI is InChI=1S/C22H35NO/c1-3-4-5-6-7-8-10-18-13-14-20-16-21(22(2,23)17-24)12-9-11-19(20)15-18/h12-15,24H,3-11,16-17,23H2,1-2H3. The van der Waals surface area contributed by atoms with Gasteiger partial charge in [0.2, 0.25) is 0 Å². The number of aliphatic hydroxyl groups is 1. The molecule has 0 spiro atoms. The van der Waals surface area contributed by atoms with Crippen LogP contribution < -0.4 is 5.73 Å². The van der Waals surface area contributed by atoms with Gasteiger partial charge in [-0.15, -0.1) is 0 Å². The number of rotatable bonds is 9. The van der Waals surface area contributed by atoms with Crippen LogP contribution >= 0.6 is 0 Å². The number of nitrogens with two attached hydrogens (primary N) is 1. The van der Waals surface area contributed by atoms with Gasteiger partial charge in [0, 0.05) is 0 Å². The summed E-state index contributed by atoms with van der Waals surface area (Å²) >= 11 is 0. The summed E-state index contributed by atoms with van der Waals surface area (Å²) in [7, 11) is 0. The summed E-state index contributed by atoms with van der Waals surface area (Å²) in [6.07, 6.45) is 14.5. The van der Waals surface area contributed by atoms with Gasteiger partial charge < -0.3 is 10.8 Å². The lowest BCUT2D eigenvalue weighted by molar-refractivity contribution is 0.229. The van der Waals surface area contributed by atoms with Crippen LogP contribution in [0.2, 0.25) is 0 Å². The number of aliphatic hydroxyl groups excluding tert-OH is 1. The molecule has 0 saturated heterocycles. The molecule has 1 aliphatic carbocycles. The van der Waals surface area contributed by atoms with E-state index in [1.165, 1.54) is 67.2 Å². The maximum atomic E-state index is 9.54. The zero-order valence-corrected chi connectivity index (χ0v) is 15.6. The first-order valence-corrected chi connectivity index (χ1v) is 9.76. The van der Waals surface area contributed by atoms with Crippen LogP contribution in [-0.4, -0.2) is 17.3 Å². The van der Waals surface area contributed by atoms with E-state index in [4.69, 9.17) is 5.73 Å². The van der Waals surface area contributed by atoms with Crippen molar-refractivity contribution in [2.24, 2.45) is 5.73 Å². The van der Waals surface area contributed by atoms with Crippen LogP contribution in [-0.2, 0) is 19.3 Å². The maximum Gasteiger partial charge on any atom is 0.0647 e. The fourth-order valence-electron chi connectivity index (χ4n) is 3.57. The molecular weight excluding hydrogens is 294 g/mol. The molecule has 0 radical (unpaired) electrons. The van der Waals surface area contributed by atoms with Crippen LogP contribution in [0.25, 0.3) is 0 Å². The molecule has 24 heavy (non-hydrogen) atoms. The normalized spacial score (nSPS) is 16.9. The average molecular weight is 330 g/mol. The van der Waals surface area contributed by atoms with Gasteiger partial charge in [0.25, 0.3) is 0 Å². The fourth-order valence-corrected chi connectivity index (χ4v) is 3.57. The molecule has 2 nitrogen and oxygen atoms in total. The third-order valence-electron chi connectivity index (χ3n) is 5.34. The Hall–Kier alpha value is -1.12. The molecule has 1 aromatic carbocycles. The van der Waals surface area contributed by atoms with Crippen molar-refractivity contribution in [3.05, 3.63) is 46.5 Å². The molecule has 134 valence electrons.